The summed E-state index contributed by atoms with van der Waals surface area (Å²) < 4.78 is 24.5. The molecule has 2 heterocycles. The topological polar surface area (TPSA) is 30.8 Å². The first-order valence-electron chi connectivity index (χ1n) is 5.97. The molecule has 1 aromatic carbocycles. The molecule has 0 radical (unpaired) electrons. The molecule has 17 heavy (non-hydrogen) atoms. The van der Waals surface area contributed by atoms with Gasteiger partial charge >= 0.3 is 0 Å². The molecule has 0 bridgehead atoms. The largest absolute Gasteiger partial charge is 0.486 e. The Morgan fingerprint density at radius 3 is 2.82 bits per heavy atom. The number of aliphatic imine (C=N–C) groups is 1. The van der Waals surface area contributed by atoms with Crippen LogP contribution in [-0.2, 0) is 0 Å². The van der Waals surface area contributed by atoms with E-state index in [4.69, 9.17) is 9.47 Å². The number of rotatable bonds is 1. The van der Waals surface area contributed by atoms with E-state index in [9.17, 15) is 4.39 Å². The van der Waals surface area contributed by atoms with E-state index in [1.165, 1.54) is 12.1 Å². The maximum atomic E-state index is 13.5. The molecule has 3 nitrogen and oxygen atoms in total. The van der Waals surface area contributed by atoms with Gasteiger partial charge in [-0.25, -0.2) is 4.39 Å². The van der Waals surface area contributed by atoms with Crippen molar-refractivity contribution in [2.24, 2.45) is 4.99 Å². The second-order valence-corrected chi connectivity index (χ2v) is 4.26. The van der Waals surface area contributed by atoms with Crippen LogP contribution in [0.25, 0.3) is 0 Å². The molecule has 4 heteroatoms. The number of halogens is 1. The van der Waals surface area contributed by atoms with Crippen LogP contribution in [0.4, 0.5) is 4.39 Å². The lowest BCUT2D eigenvalue weighted by atomic mass is 10.00. The van der Waals surface area contributed by atoms with Crippen molar-refractivity contribution in [3.8, 4) is 11.5 Å². The second-order valence-electron chi connectivity index (χ2n) is 4.26. The van der Waals surface area contributed by atoms with E-state index < -0.39 is 0 Å². The maximum absolute atomic E-state index is 13.5. The lowest BCUT2D eigenvalue weighted by Crippen LogP contribution is -2.19. The molecule has 0 saturated heterocycles. The van der Waals surface area contributed by atoms with Gasteiger partial charge in [-0.15, -0.1) is 0 Å². The monoisotopic (exact) mass is 235 g/mol. The third kappa shape index (κ3) is 1.99. The summed E-state index contributed by atoms with van der Waals surface area (Å²) in [4.78, 5) is 4.46. The molecule has 0 aromatic heterocycles. The van der Waals surface area contributed by atoms with Crippen molar-refractivity contribution in [2.75, 3.05) is 19.8 Å². The first-order valence-corrected chi connectivity index (χ1v) is 5.97. The quantitative estimate of drug-likeness (QED) is 0.749. The minimum Gasteiger partial charge on any atom is -0.486 e. The van der Waals surface area contributed by atoms with Crippen molar-refractivity contribution < 1.29 is 13.9 Å². The van der Waals surface area contributed by atoms with E-state index in [2.05, 4.69) is 4.99 Å². The summed E-state index contributed by atoms with van der Waals surface area (Å²) in [5.74, 6) is 0.857. The third-order valence-electron chi connectivity index (χ3n) is 3.04. The van der Waals surface area contributed by atoms with Gasteiger partial charge in [0.2, 0.25) is 0 Å². The lowest BCUT2D eigenvalue weighted by molar-refractivity contribution is 0.170. The summed E-state index contributed by atoms with van der Waals surface area (Å²) >= 11 is 0. The highest BCUT2D eigenvalue weighted by atomic mass is 19.1. The zero-order valence-corrected chi connectivity index (χ0v) is 9.54. The fourth-order valence-electron chi connectivity index (χ4n) is 2.25. The number of benzene rings is 1. The Bertz CT molecular complexity index is 471. The van der Waals surface area contributed by atoms with Crippen LogP contribution >= 0.6 is 0 Å². The normalized spacial score (nSPS) is 18.8. The van der Waals surface area contributed by atoms with Crippen molar-refractivity contribution in [1.29, 1.82) is 0 Å². The average molecular weight is 235 g/mol. The van der Waals surface area contributed by atoms with Gasteiger partial charge in [-0.1, -0.05) is 0 Å². The van der Waals surface area contributed by atoms with Crippen molar-refractivity contribution in [2.45, 2.75) is 19.3 Å². The summed E-state index contributed by atoms with van der Waals surface area (Å²) in [5.41, 5.74) is 1.71. The van der Waals surface area contributed by atoms with Gasteiger partial charge < -0.3 is 9.47 Å². The fourth-order valence-corrected chi connectivity index (χ4v) is 2.25. The van der Waals surface area contributed by atoms with Gasteiger partial charge in [0.25, 0.3) is 0 Å². The summed E-state index contributed by atoms with van der Waals surface area (Å²) in [6.07, 6.45) is 3.10. The van der Waals surface area contributed by atoms with Crippen molar-refractivity contribution in [1.82, 2.24) is 0 Å². The number of hydrogen-bond donors (Lipinski definition) is 0. The predicted molar refractivity (Wildman–Crippen MR) is 62.6 cm³/mol. The van der Waals surface area contributed by atoms with Crippen LogP contribution < -0.4 is 9.47 Å². The number of nitrogens with zero attached hydrogens (tertiary/aromatic N) is 1. The molecule has 0 N–H and O–H groups in total. The number of hydrogen-bond acceptors (Lipinski definition) is 3. The Morgan fingerprint density at radius 1 is 1.12 bits per heavy atom. The van der Waals surface area contributed by atoms with Crippen LogP contribution in [0, 0.1) is 5.82 Å². The molecule has 0 unspecified atom stereocenters. The van der Waals surface area contributed by atoms with Crippen LogP contribution in [-0.4, -0.2) is 25.5 Å². The van der Waals surface area contributed by atoms with Gasteiger partial charge in [0.15, 0.2) is 11.5 Å². The maximum Gasteiger partial charge on any atom is 0.170 e. The van der Waals surface area contributed by atoms with Crippen LogP contribution in [0.15, 0.2) is 17.1 Å². The van der Waals surface area contributed by atoms with Crippen LogP contribution in [0.3, 0.4) is 0 Å². The van der Waals surface area contributed by atoms with Gasteiger partial charge in [-0.3, -0.25) is 4.99 Å². The molecule has 0 saturated carbocycles. The van der Waals surface area contributed by atoms with E-state index in [1.807, 2.05) is 0 Å². The van der Waals surface area contributed by atoms with Crippen molar-refractivity contribution in [3.63, 3.8) is 0 Å². The average Bonchev–Trinajstić information content (AvgIpc) is 2.39. The summed E-state index contributed by atoms with van der Waals surface area (Å²) in [6.45, 7) is 1.81. The highest BCUT2D eigenvalue weighted by Crippen LogP contribution is 2.36. The molecule has 0 amide bonds. The van der Waals surface area contributed by atoms with Gasteiger partial charge in [0.1, 0.15) is 19.0 Å². The SMILES string of the molecule is Fc1cc2c(c(C3=NCCCC3)c1)OCCO2. The van der Waals surface area contributed by atoms with Gasteiger partial charge in [0.05, 0.1) is 0 Å². The molecule has 2 aliphatic rings. The second kappa shape index (κ2) is 4.35. The van der Waals surface area contributed by atoms with Gasteiger partial charge in [0, 0.05) is 23.9 Å². The van der Waals surface area contributed by atoms with Crippen molar-refractivity contribution in [3.05, 3.63) is 23.5 Å². The van der Waals surface area contributed by atoms with E-state index in [0.717, 1.165) is 37.1 Å². The van der Waals surface area contributed by atoms with Crippen molar-refractivity contribution >= 4 is 5.71 Å². The first kappa shape index (κ1) is 10.6. The molecule has 2 aliphatic heterocycles. The molecular weight excluding hydrogens is 221 g/mol. The minimum absolute atomic E-state index is 0.294. The fraction of sp³-hybridized carbons (Fsp3) is 0.462. The predicted octanol–water partition coefficient (Wildman–Crippen LogP) is 2.57. The Kier molecular flexibility index (Phi) is 2.71. The molecule has 0 fully saturated rings. The summed E-state index contributed by atoms with van der Waals surface area (Å²) in [5, 5.41) is 0. The van der Waals surface area contributed by atoms with E-state index in [-0.39, 0.29) is 5.82 Å². The summed E-state index contributed by atoms with van der Waals surface area (Å²) in [7, 11) is 0. The standard InChI is InChI=1S/C13H14FNO2/c14-9-7-10(11-3-1-2-4-15-11)13-12(8-9)16-5-6-17-13/h7-8H,1-6H2. The molecule has 1 aromatic rings. The Hall–Kier alpha value is -1.58. The van der Waals surface area contributed by atoms with Gasteiger partial charge in [-0.2, -0.15) is 0 Å². The Morgan fingerprint density at radius 2 is 2.00 bits per heavy atom. The van der Waals surface area contributed by atoms with Crippen LogP contribution in [0.5, 0.6) is 11.5 Å². The highest BCUT2D eigenvalue weighted by molar-refractivity contribution is 6.03. The molecule has 3 rings (SSSR count). The molecular formula is C13H14FNO2. The molecule has 0 atom stereocenters. The Labute approximate surface area is 99.3 Å². The van der Waals surface area contributed by atoms with E-state index in [1.54, 1.807) is 0 Å². The van der Waals surface area contributed by atoms with E-state index >= 15 is 0 Å². The smallest absolute Gasteiger partial charge is 0.170 e. The molecule has 90 valence electrons. The molecule has 0 aliphatic carbocycles. The first-order chi connectivity index (χ1) is 8.34. The number of fused-ring (bicyclic) bond motifs is 1. The van der Waals surface area contributed by atoms with Crippen LogP contribution in [0.2, 0.25) is 0 Å². The lowest BCUT2D eigenvalue weighted by Gasteiger charge is -2.22. The van der Waals surface area contributed by atoms with Gasteiger partial charge in [-0.05, 0) is 25.3 Å². The van der Waals surface area contributed by atoms with E-state index in [0.29, 0.717) is 24.7 Å². The third-order valence-corrected chi connectivity index (χ3v) is 3.04. The Balaban J connectivity index is 2.08. The highest BCUT2D eigenvalue weighted by Gasteiger charge is 2.21. The zero-order valence-electron chi connectivity index (χ0n) is 9.54. The molecule has 0 spiro atoms. The number of ether oxygens (including phenoxy) is 2. The minimum atomic E-state index is -0.294. The van der Waals surface area contributed by atoms with Crippen LogP contribution in [0.1, 0.15) is 24.8 Å². The zero-order chi connectivity index (χ0) is 11.7. The summed E-state index contributed by atoms with van der Waals surface area (Å²) in [6, 6.07) is 2.87.